The predicted octanol–water partition coefficient (Wildman–Crippen LogP) is 3.68. The summed E-state index contributed by atoms with van der Waals surface area (Å²) in [5, 5.41) is 11.2. The number of piperazine rings is 1. The summed E-state index contributed by atoms with van der Waals surface area (Å²) in [5.74, 6) is 0.885. The molecule has 1 aromatic rings. The summed E-state index contributed by atoms with van der Waals surface area (Å²) >= 11 is 0. The topological polar surface area (TPSA) is 88.4 Å². The standard InChI is InChI=1S/C23H36N4O5/c1-17-14-20(27(29)30)21(31-5)15-19(17)25-12-10-24(11-13-25)16-18-6-8-26(9-7-18)22(28)32-23(2,3)4/h14-15,18H,6-13,16H2,1-5H3. The number of carbonyl (C=O) groups excluding carboxylic acids is 1. The van der Waals surface area contributed by atoms with Crippen molar-refractivity contribution in [3.63, 3.8) is 0 Å². The van der Waals surface area contributed by atoms with E-state index < -0.39 is 10.5 Å². The Kier molecular flexibility index (Phi) is 7.48. The fourth-order valence-corrected chi connectivity index (χ4v) is 4.47. The maximum absolute atomic E-state index is 12.3. The quantitative estimate of drug-likeness (QED) is 0.501. The van der Waals surface area contributed by atoms with Gasteiger partial charge in [0.05, 0.1) is 12.0 Å². The number of benzene rings is 1. The summed E-state index contributed by atoms with van der Waals surface area (Å²) in [7, 11) is 1.47. The van der Waals surface area contributed by atoms with E-state index in [-0.39, 0.29) is 11.8 Å². The van der Waals surface area contributed by atoms with Gasteiger partial charge in [0.15, 0.2) is 5.75 Å². The molecule has 1 aromatic carbocycles. The number of amides is 1. The van der Waals surface area contributed by atoms with Crippen molar-refractivity contribution in [2.75, 3.05) is 57.8 Å². The van der Waals surface area contributed by atoms with Crippen LogP contribution in [0, 0.1) is 23.0 Å². The third-order valence-electron chi connectivity index (χ3n) is 6.19. The molecule has 9 nitrogen and oxygen atoms in total. The molecule has 2 heterocycles. The summed E-state index contributed by atoms with van der Waals surface area (Å²) in [5.41, 5.74) is 1.43. The fraction of sp³-hybridized carbons (Fsp3) is 0.696. The van der Waals surface area contributed by atoms with Crippen molar-refractivity contribution >= 4 is 17.5 Å². The highest BCUT2D eigenvalue weighted by Gasteiger charge is 2.29. The van der Waals surface area contributed by atoms with Gasteiger partial charge in [-0.1, -0.05) is 0 Å². The Morgan fingerprint density at radius 2 is 1.75 bits per heavy atom. The molecule has 0 bridgehead atoms. The first-order chi connectivity index (χ1) is 15.1. The Labute approximate surface area is 190 Å². The average molecular weight is 449 g/mol. The highest BCUT2D eigenvalue weighted by atomic mass is 16.6. The Balaban J connectivity index is 1.49. The van der Waals surface area contributed by atoms with Crippen molar-refractivity contribution < 1.29 is 19.2 Å². The minimum absolute atomic E-state index is 0.00473. The van der Waals surface area contributed by atoms with Crippen LogP contribution in [0.25, 0.3) is 0 Å². The maximum atomic E-state index is 12.3. The van der Waals surface area contributed by atoms with Crippen molar-refractivity contribution in [2.24, 2.45) is 5.92 Å². The monoisotopic (exact) mass is 448 g/mol. The molecule has 0 radical (unpaired) electrons. The predicted molar refractivity (Wildman–Crippen MR) is 124 cm³/mol. The van der Waals surface area contributed by atoms with E-state index in [1.54, 1.807) is 12.1 Å². The number of methoxy groups -OCH3 is 1. The van der Waals surface area contributed by atoms with Gasteiger partial charge in [0.2, 0.25) is 0 Å². The van der Waals surface area contributed by atoms with Gasteiger partial charge in [0.1, 0.15) is 5.60 Å². The minimum atomic E-state index is -0.459. The Morgan fingerprint density at radius 3 is 2.28 bits per heavy atom. The summed E-state index contributed by atoms with van der Waals surface area (Å²) in [6.45, 7) is 13.8. The molecule has 32 heavy (non-hydrogen) atoms. The number of carbonyl (C=O) groups is 1. The highest BCUT2D eigenvalue weighted by Crippen LogP contribution is 2.35. The molecule has 0 unspecified atom stereocenters. The van der Waals surface area contributed by atoms with Crippen LogP contribution in [0.2, 0.25) is 0 Å². The van der Waals surface area contributed by atoms with Crippen molar-refractivity contribution in [1.82, 2.24) is 9.80 Å². The lowest BCUT2D eigenvalue weighted by Crippen LogP contribution is -2.49. The summed E-state index contributed by atoms with van der Waals surface area (Å²) in [6.07, 6.45) is 1.79. The van der Waals surface area contributed by atoms with E-state index in [0.29, 0.717) is 11.7 Å². The first kappa shape index (κ1) is 24.1. The molecule has 0 saturated carbocycles. The Bertz CT molecular complexity index is 822. The van der Waals surface area contributed by atoms with Crippen LogP contribution in [-0.4, -0.2) is 79.3 Å². The van der Waals surface area contributed by atoms with Crippen molar-refractivity contribution in [3.8, 4) is 5.75 Å². The molecule has 2 saturated heterocycles. The van der Waals surface area contributed by atoms with Gasteiger partial charge < -0.3 is 19.3 Å². The third kappa shape index (κ3) is 6.03. The molecule has 0 atom stereocenters. The highest BCUT2D eigenvalue weighted by molar-refractivity contribution is 5.68. The molecule has 9 heteroatoms. The summed E-state index contributed by atoms with van der Waals surface area (Å²) in [6, 6.07) is 3.38. The van der Waals surface area contributed by atoms with Crippen molar-refractivity contribution in [1.29, 1.82) is 0 Å². The second kappa shape index (κ2) is 9.94. The second-order valence-electron chi connectivity index (χ2n) is 9.77. The molecule has 0 aromatic heterocycles. The normalized spacial score (nSPS) is 18.5. The van der Waals surface area contributed by atoms with E-state index in [1.807, 2.05) is 32.6 Å². The van der Waals surface area contributed by atoms with E-state index in [2.05, 4.69) is 9.80 Å². The second-order valence-corrected chi connectivity index (χ2v) is 9.77. The largest absolute Gasteiger partial charge is 0.490 e. The van der Waals surface area contributed by atoms with Gasteiger partial charge in [-0.15, -0.1) is 0 Å². The van der Waals surface area contributed by atoms with Crippen LogP contribution < -0.4 is 9.64 Å². The number of rotatable bonds is 5. The van der Waals surface area contributed by atoms with Crippen LogP contribution in [0.3, 0.4) is 0 Å². The van der Waals surface area contributed by atoms with Crippen LogP contribution in [-0.2, 0) is 4.74 Å². The zero-order valence-corrected chi connectivity index (χ0v) is 19.9. The van der Waals surface area contributed by atoms with E-state index in [9.17, 15) is 14.9 Å². The fourth-order valence-electron chi connectivity index (χ4n) is 4.47. The average Bonchev–Trinajstić information content (AvgIpc) is 2.73. The Morgan fingerprint density at radius 1 is 1.12 bits per heavy atom. The molecule has 0 spiro atoms. The van der Waals surface area contributed by atoms with E-state index in [1.165, 1.54) is 7.11 Å². The molecule has 1 amide bonds. The van der Waals surface area contributed by atoms with Crippen LogP contribution in [0.5, 0.6) is 5.75 Å². The Hall–Kier alpha value is -2.55. The first-order valence-electron chi connectivity index (χ1n) is 11.4. The first-order valence-corrected chi connectivity index (χ1v) is 11.4. The van der Waals surface area contributed by atoms with E-state index in [0.717, 1.165) is 69.9 Å². The van der Waals surface area contributed by atoms with E-state index >= 15 is 0 Å². The van der Waals surface area contributed by atoms with Gasteiger partial charge in [0.25, 0.3) is 0 Å². The lowest BCUT2D eigenvalue weighted by molar-refractivity contribution is -0.385. The van der Waals surface area contributed by atoms with Gasteiger partial charge in [0, 0.05) is 63.6 Å². The number of hydrogen-bond acceptors (Lipinski definition) is 7. The number of nitro groups is 1. The molecule has 178 valence electrons. The maximum Gasteiger partial charge on any atom is 0.410 e. The molecule has 3 rings (SSSR count). The number of nitro benzene ring substituents is 1. The van der Waals surface area contributed by atoms with Gasteiger partial charge >= 0.3 is 11.8 Å². The molecular formula is C23H36N4O5. The molecular weight excluding hydrogens is 412 g/mol. The number of ether oxygens (including phenoxy) is 2. The number of piperidine rings is 1. The number of anilines is 1. The molecule has 0 aliphatic carbocycles. The van der Waals surface area contributed by atoms with Crippen LogP contribution in [0.1, 0.15) is 39.2 Å². The van der Waals surface area contributed by atoms with Crippen molar-refractivity contribution in [2.45, 2.75) is 46.1 Å². The summed E-state index contributed by atoms with van der Waals surface area (Å²) in [4.78, 5) is 29.7. The van der Waals surface area contributed by atoms with Gasteiger partial charge in [-0.2, -0.15) is 0 Å². The van der Waals surface area contributed by atoms with Gasteiger partial charge in [-0.25, -0.2) is 4.79 Å². The van der Waals surface area contributed by atoms with Crippen molar-refractivity contribution in [3.05, 3.63) is 27.8 Å². The number of aryl methyl sites for hydroxylation is 1. The minimum Gasteiger partial charge on any atom is -0.490 e. The van der Waals surface area contributed by atoms with Gasteiger partial charge in [-0.3, -0.25) is 15.0 Å². The SMILES string of the molecule is COc1cc(N2CCN(CC3CCN(C(=O)OC(C)(C)C)CC3)CC2)c(C)cc1[N+](=O)[O-]. The van der Waals surface area contributed by atoms with E-state index in [4.69, 9.17) is 9.47 Å². The zero-order chi connectivity index (χ0) is 23.5. The molecule has 2 aliphatic heterocycles. The van der Waals surface area contributed by atoms with Crippen LogP contribution in [0.4, 0.5) is 16.2 Å². The molecule has 2 fully saturated rings. The molecule has 0 N–H and O–H groups in total. The zero-order valence-electron chi connectivity index (χ0n) is 19.9. The number of likely N-dealkylation sites (tertiary alicyclic amines) is 1. The van der Waals surface area contributed by atoms with Crippen LogP contribution in [0.15, 0.2) is 12.1 Å². The third-order valence-corrected chi connectivity index (χ3v) is 6.19. The lowest BCUT2D eigenvalue weighted by atomic mass is 9.96. The summed E-state index contributed by atoms with van der Waals surface area (Å²) < 4.78 is 10.7. The van der Waals surface area contributed by atoms with Gasteiger partial charge in [-0.05, 0) is 52.0 Å². The number of hydrogen-bond donors (Lipinski definition) is 0. The lowest BCUT2D eigenvalue weighted by Gasteiger charge is -2.40. The smallest absolute Gasteiger partial charge is 0.410 e. The van der Waals surface area contributed by atoms with Crippen LogP contribution >= 0.6 is 0 Å². The molecule has 2 aliphatic rings. The number of nitrogens with zero attached hydrogens (tertiary/aromatic N) is 4.